The third-order valence-electron chi connectivity index (χ3n) is 8.36. The molecule has 0 saturated heterocycles. The normalized spacial score (nSPS) is 14.9. The lowest BCUT2D eigenvalue weighted by molar-refractivity contribution is -0.154. The van der Waals surface area contributed by atoms with Crippen LogP contribution in [0.25, 0.3) is 0 Å². The Hall–Kier alpha value is -3.11. The van der Waals surface area contributed by atoms with Crippen molar-refractivity contribution in [1.82, 2.24) is 0 Å². The molecule has 11 heteroatoms. The van der Waals surface area contributed by atoms with E-state index in [4.69, 9.17) is 29.4 Å². The largest absolute Gasteiger partial charge is 0.480 e. The highest BCUT2D eigenvalue weighted by Gasteiger charge is 2.27. The molecule has 57 heavy (non-hydrogen) atoms. The number of aliphatic carboxylic acids is 1. The summed E-state index contributed by atoms with van der Waals surface area (Å²) in [6, 6.07) is -1.49. The van der Waals surface area contributed by atoms with E-state index in [0.717, 1.165) is 89.9 Å². The van der Waals surface area contributed by atoms with Gasteiger partial charge in [-0.25, -0.2) is 4.57 Å². The van der Waals surface area contributed by atoms with Crippen LogP contribution in [0, 0.1) is 0 Å². The number of carboxylic acid groups (broad SMARTS) is 1. The second-order valence-corrected chi connectivity index (χ2v) is 15.2. The van der Waals surface area contributed by atoms with Gasteiger partial charge in [-0.1, -0.05) is 143 Å². The van der Waals surface area contributed by atoms with Crippen molar-refractivity contribution in [2.45, 2.75) is 154 Å². The van der Waals surface area contributed by atoms with Gasteiger partial charge in [-0.05, 0) is 89.9 Å². The first-order valence-electron chi connectivity index (χ1n) is 21.3. The third-order valence-corrected chi connectivity index (χ3v) is 9.31. The van der Waals surface area contributed by atoms with E-state index in [1.165, 1.54) is 25.7 Å². The van der Waals surface area contributed by atoms with E-state index in [1.807, 2.05) is 0 Å². The Kier molecular flexibility index (Phi) is 38.8. The fourth-order valence-corrected chi connectivity index (χ4v) is 5.89. The van der Waals surface area contributed by atoms with Crippen molar-refractivity contribution in [3.8, 4) is 0 Å². The molecule has 0 aromatic carbocycles. The summed E-state index contributed by atoms with van der Waals surface area (Å²) in [4.78, 5) is 33.5. The Labute approximate surface area is 345 Å². The molecule has 0 aromatic rings. The maximum absolute atomic E-state index is 12.6. The Balaban J connectivity index is 4.34. The molecule has 0 bridgehead atoms. The first-order chi connectivity index (χ1) is 27.7. The van der Waals surface area contributed by atoms with Crippen LogP contribution in [0.2, 0.25) is 0 Å². The fraction of sp³-hybridized carbons (Fsp3) is 0.609. The average Bonchev–Trinajstić information content (AvgIpc) is 3.19. The highest BCUT2D eigenvalue weighted by atomic mass is 31.2. The molecular weight excluding hydrogens is 741 g/mol. The molecule has 0 radical (unpaired) electrons. The number of nitrogens with two attached hydrogens (primary N) is 1. The zero-order valence-electron chi connectivity index (χ0n) is 35.1. The maximum atomic E-state index is 12.6. The van der Waals surface area contributed by atoms with Crippen molar-refractivity contribution in [3.63, 3.8) is 0 Å². The molecule has 0 aliphatic rings. The van der Waals surface area contributed by atoms with Crippen LogP contribution in [-0.2, 0) is 32.7 Å². The highest BCUT2D eigenvalue weighted by molar-refractivity contribution is 7.47. The molecule has 10 nitrogen and oxygen atoms in total. The van der Waals surface area contributed by atoms with Gasteiger partial charge in [0.25, 0.3) is 0 Å². The number of rotatable bonds is 39. The van der Waals surface area contributed by atoms with Gasteiger partial charge in [-0.2, -0.15) is 0 Å². The molecule has 4 N–H and O–H groups in total. The van der Waals surface area contributed by atoms with Gasteiger partial charge in [0.1, 0.15) is 12.1 Å². The molecule has 0 aromatic heterocycles. The molecule has 0 rings (SSSR count). The lowest BCUT2D eigenvalue weighted by atomic mass is 10.1. The van der Waals surface area contributed by atoms with Crippen molar-refractivity contribution in [2.24, 2.45) is 5.73 Å². The van der Waals surface area contributed by atoms with E-state index in [-0.39, 0.29) is 13.0 Å². The predicted octanol–water partition coefficient (Wildman–Crippen LogP) is 11.8. The third kappa shape index (κ3) is 40.9. The van der Waals surface area contributed by atoms with Gasteiger partial charge in [0.05, 0.1) is 19.8 Å². The lowest BCUT2D eigenvalue weighted by Gasteiger charge is -2.20. The summed E-state index contributed by atoms with van der Waals surface area (Å²) in [5.74, 6) is -1.84. The van der Waals surface area contributed by atoms with Crippen LogP contribution in [0.3, 0.4) is 0 Å². The van der Waals surface area contributed by atoms with E-state index < -0.39 is 45.1 Å². The Morgan fingerprint density at radius 3 is 1.44 bits per heavy atom. The molecule has 3 atom stereocenters. The van der Waals surface area contributed by atoms with Gasteiger partial charge in [0, 0.05) is 13.0 Å². The smallest absolute Gasteiger partial charge is 0.472 e. The summed E-state index contributed by atoms with van der Waals surface area (Å²) < 4.78 is 33.3. The summed E-state index contributed by atoms with van der Waals surface area (Å²) in [5.41, 5.74) is 5.35. The zero-order valence-corrected chi connectivity index (χ0v) is 36.0. The first-order valence-corrected chi connectivity index (χ1v) is 22.8. The minimum atomic E-state index is -4.64. The quantitative estimate of drug-likeness (QED) is 0.0236. The summed E-state index contributed by atoms with van der Waals surface area (Å²) in [6.07, 6.45) is 53.2. The van der Waals surface area contributed by atoms with Crippen LogP contribution in [0.15, 0.2) is 97.2 Å². The van der Waals surface area contributed by atoms with Gasteiger partial charge in [-0.15, -0.1) is 0 Å². The summed E-state index contributed by atoms with van der Waals surface area (Å²) in [7, 11) is -4.64. The number of ether oxygens (including phenoxy) is 2. The van der Waals surface area contributed by atoms with Crippen LogP contribution in [0.5, 0.6) is 0 Å². The molecule has 3 unspecified atom stereocenters. The second kappa shape index (κ2) is 41.1. The minimum Gasteiger partial charge on any atom is -0.480 e. The first kappa shape index (κ1) is 53.9. The van der Waals surface area contributed by atoms with Crippen molar-refractivity contribution < 1.29 is 42.7 Å². The Morgan fingerprint density at radius 2 is 0.965 bits per heavy atom. The number of phosphoric acid groups is 1. The molecule has 0 spiro atoms. The predicted molar refractivity (Wildman–Crippen MR) is 235 cm³/mol. The van der Waals surface area contributed by atoms with Crippen LogP contribution in [0.4, 0.5) is 0 Å². The average molecular weight is 818 g/mol. The molecule has 324 valence electrons. The molecular formula is C46H76NO9P. The summed E-state index contributed by atoms with van der Waals surface area (Å²) in [6.45, 7) is 3.54. The van der Waals surface area contributed by atoms with Crippen molar-refractivity contribution >= 4 is 19.8 Å². The van der Waals surface area contributed by atoms with Crippen LogP contribution >= 0.6 is 7.82 Å². The van der Waals surface area contributed by atoms with E-state index >= 15 is 0 Å². The number of carbonyl (C=O) groups is 2. The molecule has 0 amide bonds. The Bertz CT molecular complexity index is 1270. The van der Waals surface area contributed by atoms with Crippen LogP contribution in [0.1, 0.15) is 142 Å². The number of hydrogen-bond acceptors (Lipinski definition) is 8. The zero-order chi connectivity index (χ0) is 41.9. The highest BCUT2D eigenvalue weighted by Crippen LogP contribution is 2.43. The van der Waals surface area contributed by atoms with Gasteiger partial charge in [-0.3, -0.25) is 18.6 Å². The van der Waals surface area contributed by atoms with Crippen LogP contribution < -0.4 is 5.73 Å². The standard InChI is InChI=1S/C46H76NO9P/c1-3-5-7-9-11-13-15-17-19-20-21-22-23-25-27-29-31-33-35-37-39-53-40-43(41-54-57(51,52)55-42-44(47)46(49)50)56-45(48)38-36-34-32-30-28-26-24-18-16-14-12-10-8-6-4-2/h5-8,11-14,17-19,21-22,24,28,30,43-44H,3-4,9-10,15-16,20,23,25-27,29,31-42,47H2,1-2H3,(H,49,50)(H,51,52)/b7-5-,8-6-,13-11-,14-12-,19-17-,22-21-,24-18-,30-28-. The van der Waals surface area contributed by atoms with E-state index in [1.54, 1.807) is 0 Å². The van der Waals surface area contributed by atoms with Crippen molar-refractivity contribution in [3.05, 3.63) is 97.2 Å². The number of allylic oxidation sites excluding steroid dienone is 16. The molecule has 0 aliphatic carbocycles. The SMILES string of the molecule is CC/C=C\C/C=C\C/C=C\C/C=C\CCCCCCCCCOCC(COP(=O)(O)OCC(N)C(=O)O)OC(=O)CCCC/C=C\C/C=C\C/C=C\C/C=C\CC. The fourth-order valence-electron chi connectivity index (χ4n) is 5.11. The molecule has 0 saturated carbocycles. The summed E-state index contributed by atoms with van der Waals surface area (Å²) >= 11 is 0. The summed E-state index contributed by atoms with van der Waals surface area (Å²) in [5, 5.41) is 8.89. The van der Waals surface area contributed by atoms with Crippen molar-refractivity contribution in [1.29, 1.82) is 0 Å². The number of carbonyl (C=O) groups excluding carboxylic acids is 1. The van der Waals surface area contributed by atoms with Crippen molar-refractivity contribution in [2.75, 3.05) is 26.4 Å². The lowest BCUT2D eigenvalue weighted by Crippen LogP contribution is -2.34. The van der Waals surface area contributed by atoms with E-state index in [9.17, 15) is 19.0 Å². The number of phosphoric ester groups is 1. The molecule has 0 fully saturated rings. The number of hydrogen-bond donors (Lipinski definition) is 3. The number of carboxylic acids is 1. The van der Waals surface area contributed by atoms with Gasteiger partial charge in [0.2, 0.25) is 0 Å². The van der Waals surface area contributed by atoms with Gasteiger partial charge < -0.3 is 25.2 Å². The topological polar surface area (TPSA) is 155 Å². The second-order valence-electron chi connectivity index (χ2n) is 13.7. The van der Waals surface area contributed by atoms with E-state index in [2.05, 4.69) is 111 Å². The van der Waals surface area contributed by atoms with E-state index in [0.29, 0.717) is 13.0 Å². The van der Waals surface area contributed by atoms with Crippen LogP contribution in [-0.4, -0.2) is 60.5 Å². The Morgan fingerprint density at radius 1 is 0.561 bits per heavy atom. The number of esters is 1. The molecule has 0 heterocycles. The monoisotopic (exact) mass is 818 g/mol. The van der Waals surface area contributed by atoms with Gasteiger partial charge in [0.15, 0.2) is 0 Å². The molecule has 0 aliphatic heterocycles. The number of unbranched alkanes of at least 4 members (excludes halogenated alkanes) is 9. The van der Waals surface area contributed by atoms with Gasteiger partial charge >= 0.3 is 19.8 Å². The minimum absolute atomic E-state index is 0.0143. The maximum Gasteiger partial charge on any atom is 0.472 e.